The molecule has 1 aliphatic rings. The lowest BCUT2D eigenvalue weighted by Gasteiger charge is -2.20. The number of amides is 1. The Hall–Kier alpha value is -2.60. The van der Waals surface area contributed by atoms with Crippen molar-refractivity contribution in [3.63, 3.8) is 0 Å². The van der Waals surface area contributed by atoms with Crippen molar-refractivity contribution in [2.45, 2.75) is 25.3 Å². The predicted octanol–water partition coefficient (Wildman–Crippen LogP) is 3.88. The summed E-state index contributed by atoms with van der Waals surface area (Å²) >= 11 is 5.91. The Morgan fingerprint density at radius 3 is 2.88 bits per heavy atom. The smallest absolute Gasteiger partial charge is 0.291 e. The van der Waals surface area contributed by atoms with E-state index in [1.807, 2.05) is 24.3 Å². The van der Waals surface area contributed by atoms with Crippen LogP contribution in [0.15, 0.2) is 51.9 Å². The summed E-state index contributed by atoms with van der Waals surface area (Å²) in [5, 5.41) is 0.703. The first-order valence-corrected chi connectivity index (χ1v) is 8.47. The molecule has 4 rings (SSSR count). The minimum atomic E-state index is -0.183. The van der Waals surface area contributed by atoms with Gasteiger partial charge in [-0.3, -0.25) is 4.79 Å². The molecule has 0 N–H and O–H groups in total. The average Bonchev–Trinajstić information content (AvgIpc) is 3.37. The lowest BCUT2D eigenvalue weighted by Crippen LogP contribution is -2.30. The molecule has 6 nitrogen and oxygen atoms in total. The fraction of sp³-hybridized carbons (Fsp3) is 0.278. The van der Waals surface area contributed by atoms with Crippen LogP contribution in [0.5, 0.6) is 0 Å². The maximum atomic E-state index is 12.5. The highest BCUT2D eigenvalue weighted by Crippen LogP contribution is 2.33. The Bertz CT molecular complexity index is 858. The highest BCUT2D eigenvalue weighted by molar-refractivity contribution is 6.30. The van der Waals surface area contributed by atoms with Crippen molar-refractivity contribution in [2.24, 2.45) is 0 Å². The van der Waals surface area contributed by atoms with Gasteiger partial charge in [-0.25, -0.2) is 9.97 Å². The Labute approximate surface area is 149 Å². The zero-order chi connectivity index (χ0) is 17.2. The molecular weight excluding hydrogens is 342 g/mol. The van der Waals surface area contributed by atoms with Crippen LogP contribution in [0.3, 0.4) is 0 Å². The maximum Gasteiger partial charge on any atom is 0.291 e. The lowest BCUT2D eigenvalue weighted by atomic mass is 10.1. The van der Waals surface area contributed by atoms with Crippen molar-refractivity contribution in [3.8, 4) is 0 Å². The number of halogens is 1. The first-order chi connectivity index (χ1) is 12.2. The van der Waals surface area contributed by atoms with E-state index in [1.165, 1.54) is 12.6 Å². The standard InChI is InChI=1S/C18H16ClN3O3/c19-13-5-3-12(4-6-13)8-14-9-21-17(25-14)15-2-1-7-22(15)18(23)16-10-20-11-24-16/h3-6,9-11,15H,1-2,7-8H2/t15-/m0/s1. The number of rotatable bonds is 4. The van der Waals surface area contributed by atoms with Gasteiger partial charge < -0.3 is 13.7 Å². The van der Waals surface area contributed by atoms with E-state index in [0.717, 1.165) is 24.2 Å². The summed E-state index contributed by atoms with van der Waals surface area (Å²) in [4.78, 5) is 22.5. The number of hydrogen-bond acceptors (Lipinski definition) is 5. The monoisotopic (exact) mass is 357 g/mol. The third-order valence-corrected chi connectivity index (χ3v) is 4.56. The van der Waals surface area contributed by atoms with Crippen LogP contribution in [0.2, 0.25) is 5.02 Å². The maximum absolute atomic E-state index is 12.5. The predicted molar refractivity (Wildman–Crippen MR) is 90.3 cm³/mol. The molecule has 0 saturated carbocycles. The molecule has 0 radical (unpaired) electrons. The summed E-state index contributed by atoms with van der Waals surface area (Å²) in [5.41, 5.74) is 1.09. The van der Waals surface area contributed by atoms with Crippen LogP contribution in [0.25, 0.3) is 0 Å². The third kappa shape index (κ3) is 3.30. The van der Waals surface area contributed by atoms with Crippen LogP contribution in [0.1, 0.15) is 46.7 Å². The van der Waals surface area contributed by atoms with Crippen LogP contribution in [-0.4, -0.2) is 27.3 Å². The number of benzene rings is 1. The second-order valence-corrected chi connectivity index (χ2v) is 6.43. The molecule has 1 aliphatic heterocycles. The van der Waals surface area contributed by atoms with Gasteiger partial charge in [0.1, 0.15) is 11.8 Å². The van der Waals surface area contributed by atoms with Crippen molar-refractivity contribution in [2.75, 3.05) is 6.54 Å². The van der Waals surface area contributed by atoms with Crippen LogP contribution in [0, 0.1) is 0 Å². The summed E-state index contributed by atoms with van der Waals surface area (Å²) in [6.07, 6.45) is 6.76. The zero-order valence-corrected chi connectivity index (χ0v) is 14.1. The Morgan fingerprint density at radius 2 is 2.12 bits per heavy atom. The average molecular weight is 358 g/mol. The van der Waals surface area contributed by atoms with Crippen molar-refractivity contribution in [3.05, 3.63) is 71.1 Å². The van der Waals surface area contributed by atoms with Crippen molar-refractivity contribution in [1.29, 1.82) is 0 Å². The van der Waals surface area contributed by atoms with Gasteiger partial charge >= 0.3 is 0 Å². The third-order valence-electron chi connectivity index (χ3n) is 4.30. The van der Waals surface area contributed by atoms with Gasteiger partial charge in [-0.05, 0) is 30.5 Å². The van der Waals surface area contributed by atoms with Gasteiger partial charge in [-0.2, -0.15) is 0 Å². The van der Waals surface area contributed by atoms with Gasteiger partial charge in [0.2, 0.25) is 11.7 Å². The summed E-state index contributed by atoms with van der Waals surface area (Å²) in [7, 11) is 0. The van der Waals surface area contributed by atoms with Gasteiger partial charge in [-0.15, -0.1) is 0 Å². The summed E-state index contributed by atoms with van der Waals surface area (Å²) < 4.78 is 11.0. The van der Waals surface area contributed by atoms with Gasteiger partial charge in [-0.1, -0.05) is 23.7 Å². The van der Waals surface area contributed by atoms with E-state index in [-0.39, 0.29) is 17.7 Å². The Kier molecular flexibility index (Phi) is 4.28. The lowest BCUT2D eigenvalue weighted by molar-refractivity contribution is 0.0682. The molecule has 7 heteroatoms. The molecule has 0 aliphatic carbocycles. The quantitative estimate of drug-likeness (QED) is 0.708. The van der Waals surface area contributed by atoms with E-state index in [4.69, 9.17) is 20.4 Å². The second kappa shape index (κ2) is 6.72. The van der Waals surface area contributed by atoms with E-state index in [9.17, 15) is 4.79 Å². The SMILES string of the molecule is O=C(c1cnco1)N1CCC[C@H]1c1ncc(Cc2ccc(Cl)cc2)o1. The summed E-state index contributed by atoms with van der Waals surface area (Å²) in [6, 6.07) is 7.45. The molecule has 2 aromatic heterocycles. The van der Waals surface area contributed by atoms with Crippen LogP contribution in [-0.2, 0) is 6.42 Å². The molecule has 3 heterocycles. The van der Waals surface area contributed by atoms with Crippen molar-refractivity contribution in [1.82, 2.24) is 14.9 Å². The first kappa shape index (κ1) is 15.9. The van der Waals surface area contributed by atoms with Gasteiger partial charge in [0.25, 0.3) is 5.91 Å². The highest BCUT2D eigenvalue weighted by Gasteiger charge is 2.35. The minimum Gasteiger partial charge on any atom is -0.443 e. The number of oxazole rings is 2. The normalized spacial score (nSPS) is 17.2. The molecule has 0 unspecified atom stereocenters. The Morgan fingerprint density at radius 1 is 1.28 bits per heavy atom. The van der Waals surface area contributed by atoms with E-state index in [2.05, 4.69) is 9.97 Å². The Balaban J connectivity index is 1.50. The molecule has 128 valence electrons. The molecule has 0 bridgehead atoms. The van der Waals surface area contributed by atoms with E-state index >= 15 is 0 Å². The topological polar surface area (TPSA) is 72.4 Å². The largest absolute Gasteiger partial charge is 0.443 e. The number of carbonyl (C=O) groups is 1. The summed E-state index contributed by atoms with van der Waals surface area (Å²) in [5.74, 6) is 1.38. The van der Waals surface area contributed by atoms with E-state index in [0.29, 0.717) is 23.9 Å². The molecule has 1 aromatic carbocycles. The van der Waals surface area contributed by atoms with Crippen LogP contribution in [0.4, 0.5) is 0 Å². The fourth-order valence-corrected chi connectivity index (χ4v) is 3.22. The van der Waals surface area contributed by atoms with Crippen LogP contribution >= 0.6 is 11.6 Å². The molecule has 1 saturated heterocycles. The van der Waals surface area contributed by atoms with Crippen molar-refractivity contribution < 1.29 is 13.6 Å². The molecular formula is C18H16ClN3O3. The van der Waals surface area contributed by atoms with Gasteiger partial charge in [0.05, 0.1) is 12.4 Å². The second-order valence-electron chi connectivity index (χ2n) is 5.99. The summed E-state index contributed by atoms with van der Waals surface area (Å²) in [6.45, 7) is 0.652. The number of carbonyl (C=O) groups excluding carboxylic acids is 1. The molecule has 0 spiro atoms. The van der Waals surface area contributed by atoms with Gasteiger partial charge in [0.15, 0.2) is 6.39 Å². The zero-order valence-electron chi connectivity index (χ0n) is 13.4. The van der Waals surface area contributed by atoms with E-state index in [1.54, 1.807) is 11.1 Å². The number of nitrogens with zero attached hydrogens (tertiary/aromatic N) is 3. The van der Waals surface area contributed by atoms with Crippen LogP contribution < -0.4 is 0 Å². The number of aromatic nitrogens is 2. The van der Waals surface area contributed by atoms with Gasteiger partial charge in [0, 0.05) is 18.0 Å². The molecule has 25 heavy (non-hydrogen) atoms. The van der Waals surface area contributed by atoms with Crippen molar-refractivity contribution >= 4 is 17.5 Å². The van der Waals surface area contributed by atoms with E-state index < -0.39 is 0 Å². The number of likely N-dealkylation sites (tertiary alicyclic amines) is 1. The molecule has 3 aromatic rings. The molecule has 1 fully saturated rings. The number of hydrogen-bond donors (Lipinski definition) is 0. The highest BCUT2D eigenvalue weighted by atomic mass is 35.5. The fourth-order valence-electron chi connectivity index (χ4n) is 3.09. The minimum absolute atomic E-state index is 0.170. The molecule has 1 atom stereocenters. The first-order valence-electron chi connectivity index (χ1n) is 8.09. The molecule has 1 amide bonds.